The number of anilines is 2. The first kappa shape index (κ1) is 22.4. The SMILES string of the molecule is CCCC(=O)Nc1ccc(SC(C(=O)Nc2cccc(OC)c2)c2ccccc2)cc1. The average Bonchev–Trinajstić information content (AvgIpc) is 2.79. The number of methoxy groups -OCH3 is 1. The van der Waals surface area contributed by atoms with Crippen molar-refractivity contribution in [3.63, 3.8) is 0 Å². The molecule has 0 aromatic heterocycles. The number of thioether (sulfide) groups is 1. The van der Waals surface area contributed by atoms with Crippen LogP contribution in [0.25, 0.3) is 0 Å². The van der Waals surface area contributed by atoms with E-state index in [0.717, 1.165) is 22.6 Å². The molecule has 2 amide bonds. The molecule has 0 aliphatic carbocycles. The zero-order valence-electron chi connectivity index (χ0n) is 17.6. The summed E-state index contributed by atoms with van der Waals surface area (Å²) in [5.74, 6) is 0.565. The summed E-state index contributed by atoms with van der Waals surface area (Å²) < 4.78 is 5.24. The third-order valence-electron chi connectivity index (χ3n) is 4.55. The lowest BCUT2D eigenvalue weighted by atomic mass is 10.1. The van der Waals surface area contributed by atoms with Crippen LogP contribution in [0.3, 0.4) is 0 Å². The fraction of sp³-hybridized carbons (Fsp3) is 0.200. The van der Waals surface area contributed by atoms with Gasteiger partial charge in [-0.15, -0.1) is 11.8 Å². The van der Waals surface area contributed by atoms with E-state index in [2.05, 4.69) is 10.6 Å². The quantitative estimate of drug-likeness (QED) is 0.411. The van der Waals surface area contributed by atoms with Crippen molar-refractivity contribution in [2.75, 3.05) is 17.7 Å². The van der Waals surface area contributed by atoms with Crippen LogP contribution in [0.2, 0.25) is 0 Å². The molecule has 0 heterocycles. The van der Waals surface area contributed by atoms with Gasteiger partial charge in [-0.05, 0) is 48.4 Å². The van der Waals surface area contributed by atoms with Crippen molar-refractivity contribution < 1.29 is 14.3 Å². The van der Waals surface area contributed by atoms with E-state index in [0.29, 0.717) is 17.9 Å². The Balaban J connectivity index is 1.76. The third-order valence-corrected chi connectivity index (χ3v) is 5.81. The zero-order chi connectivity index (χ0) is 22.1. The van der Waals surface area contributed by atoms with Gasteiger partial charge in [-0.3, -0.25) is 9.59 Å². The minimum atomic E-state index is -0.437. The lowest BCUT2D eigenvalue weighted by Gasteiger charge is -2.18. The molecule has 0 spiro atoms. The normalized spacial score (nSPS) is 11.4. The smallest absolute Gasteiger partial charge is 0.242 e. The molecule has 1 atom stereocenters. The molecule has 0 fully saturated rings. The van der Waals surface area contributed by atoms with Crippen LogP contribution in [-0.2, 0) is 9.59 Å². The highest BCUT2D eigenvalue weighted by molar-refractivity contribution is 8.00. The van der Waals surface area contributed by atoms with Gasteiger partial charge in [0.2, 0.25) is 11.8 Å². The second-order valence-corrected chi connectivity index (χ2v) is 8.13. The molecule has 31 heavy (non-hydrogen) atoms. The summed E-state index contributed by atoms with van der Waals surface area (Å²) >= 11 is 1.46. The monoisotopic (exact) mass is 434 g/mol. The standard InChI is InChI=1S/C25H26N2O3S/c1-3-8-23(28)26-19-13-15-22(16-14-19)31-24(18-9-5-4-6-10-18)25(29)27-20-11-7-12-21(17-20)30-2/h4-7,9-17,24H,3,8H2,1-2H3,(H,26,28)(H,27,29). The third kappa shape index (κ3) is 6.62. The number of benzene rings is 3. The Labute approximate surface area is 187 Å². The predicted octanol–water partition coefficient (Wildman–Crippen LogP) is 5.91. The maximum absolute atomic E-state index is 13.2. The van der Waals surface area contributed by atoms with Crippen LogP contribution in [0.5, 0.6) is 5.75 Å². The molecule has 160 valence electrons. The van der Waals surface area contributed by atoms with Crippen LogP contribution in [0.4, 0.5) is 11.4 Å². The topological polar surface area (TPSA) is 67.4 Å². The van der Waals surface area contributed by atoms with Crippen LogP contribution in [0, 0.1) is 0 Å². The molecular formula is C25H26N2O3S. The van der Waals surface area contributed by atoms with Gasteiger partial charge in [-0.25, -0.2) is 0 Å². The molecule has 3 rings (SSSR count). The largest absolute Gasteiger partial charge is 0.497 e. The first-order chi connectivity index (χ1) is 15.1. The molecule has 0 aliphatic rings. The van der Waals surface area contributed by atoms with Crippen LogP contribution < -0.4 is 15.4 Å². The zero-order valence-corrected chi connectivity index (χ0v) is 18.4. The molecule has 5 nitrogen and oxygen atoms in total. The molecule has 1 unspecified atom stereocenters. The number of nitrogens with one attached hydrogen (secondary N) is 2. The van der Waals surface area contributed by atoms with Gasteiger partial charge in [0.25, 0.3) is 0 Å². The number of rotatable bonds is 9. The maximum atomic E-state index is 13.2. The van der Waals surface area contributed by atoms with E-state index in [1.54, 1.807) is 13.2 Å². The van der Waals surface area contributed by atoms with Crippen molar-refractivity contribution in [1.82, 2.24) is 0 Å². The maximum Gasteiger partial charge on any atom is 0.242 e. The summed E-state index contributed by atoms with van der Waals surface area (Å²) in [5, 5.41) is 5.44. The first-order valence-electron chi connectivity index (χ1n) is 10.2. The molecule has 0 radical (unpaired) electrons. The minimum absolute atomic E-state index is 0.00253. The van der Waals surface area contributed by atoms with Crippen LogP contribution in [-0.4, -0.2) is 18.9 Å². The molecule has 0 bridgehead atoms. The fourth-order valence-corrected chi connectivity index (χ4v) is 4.04. The second-order valence-electron chi connectivity index (χ2n) is 6.95. The van der Waals surface area contributed by atoms with Gasteiger partial charge in [-0.2, -0.15) is 0 Å². The number of amides is 2. The molecule has 6 heteroatoms. The summed E-state index contributed by atoms with van der Waals surface area (Å²) in [6.07, 6.45) is 1.30. The van der Waals surface area contributed by atoms with Crippen LogP contribution in [0.15, 0.2) is 83.8 Å². The van der Waals surface area contributed by atoms with Crippen molar-refractivity contribution in [2.45, 2.75) is 29.9 Å². The Morgan fingerprint density at radius 3 is 2.32 bits per heavy atom. The number of hydrogen-bond donors (Lipinski definition) is 2. The fourth-order valence-electron chi connectivity index (χ4n) is 3.01. The van der Waals surface area contributed by atoms with Crippen molar-refractivity contribution in [3.05, 3.63) is 84.4 Å². The van der Waals surface area contributed by atoms with E-state index in [-0.39, 0.29) is 11.8 Å². The highest BCUT2D eigenvalue weighted by Gasteiger charge is 2.22. The van der Waals surface area contributed by atoms with Gasteiger partial charge in [0.1, 0.15) is 11.0 Å². The van der Waals surface area contributed by atoms with E-state index in [1.807, 2.05) is 79.7 Å². The van der Waals surface area contributed by atoms with E-state index in [4.69, 9.17) is 4.74 Å². The van der Waals surface area contributed by atoms with E-state index in [1.165, 1.54) is 11.8 Å². The van der Waals surface area contributed by atoms with Gasteiger partial charge in [0, 0.05) is 28.8 Å². The van der Waals surface area contributed by atoms with Crippen molar-refractivity contribution >= 4 is 35.0 Å². The Morgan fingerprint density at radius 1 is 0.903 bits per heavy atom. The summed E-state index contributed by atoms with van der Waals surface area (Å²) in [6, 6.07) is 24.5. The molecule has 0 aliphatic heterocycles. The first-order valence-corrected chi connectivity index (χ1v) is 11.0. The Hall–Kier alpha value is -3.25. The van der Waals surface area contributed by atoms with Crippen LogP contribution in [0.1, 0.15) is 30.6 Å². The molecule has 2 N–H and O–H groups in total. The van der Waals surface area contributed by atoms with Gasteiger partial charge >= 0.3 is 0 Å². The number of hydrogen-bond acceptors (Lipinski definition) is 4. The molecular weight excluding hydrogens is 408 g/mol. The highest BCUT2D eigenvalue weighted by Crippen LogP contribution is 2.37. The lowest BCUT2D eigenvalue weighted by molar-refractivity contribution is -0.116. The van der Waals surface area contributed by atoms with Crippen LogP contribution >= 0.6 is 11.8 Å². The number of ether oxygens (including phenoxy) is 1. The van der Waals surface area contributed by atoms with Gasteiger partial charge in [0.05, 0.1) is 7.11 Å². The average molecular weight is 435 g/mol. The Bertz CT molecular complexity index is 1010. The molecule has 3 aromatic carbocycles. The second kappa shape index (κ2) is 11.2. The highest BCUT2D eigenvalue weighted by atomic mass is 32.2. The summed E-state index contributed by atoms with van der Waals surface area (Å²) in [4.78, 5) is 25.9. The summed E-state index contributed by atoms with van der Waals surface area (Å²) in [7, 11) is 1.60. The van der Waals surface area contributed by atoms with Crippen molar-refractivity contribution in [1.29, 1.82) is 0 Å². The van der Waals surface area contributed by atoms with Gasteiger partial charge in [-0.1, -0.05) is 43.3 Å². The molecule has 3 aromatic rings. The summed E-state index contributed by atoms with van der Waals surface area (Å²) in [5.41, 5.74) is 2.34. The Morgan fingerprint density at radius 2 is 1.65 bits per heavy atom. The van der Waals surface area contributed by atoms with E-state index < -0.39 is 5.25 Å². The predicted molar refractivity (Wildman–Crippen MR) is 127 cm³/mol. The minimum Gasteiger partial charge on any atom is -0.497 e. The Kier molecular flexibility index (Phi) is 8.12. The van der Waals surface area contributed by atoms with E-state index >= 15 is 0 Å². The van der Waals surface area contributed by atoms with Crippen molar-refractivity contribution in [3.8, 4) is 5.75 Å². The number of carbonyl (C=O) groups is 2. The van der Waals surface area contributed by atoms with Gasteiger partial charge < -0.3 is 15.4 Å². The van der Waals surface area contributed by atoms with Crippen molar-refractivity contribution in [2.24, 2.45) is 0 Å². The lowest BCUT2D eigenvalue weighted by Crippen LogP contribution is -2.19. The molecule has 0 saturated heterocycles. The van der Waals surface area contributed by atoms with E-state index in [9.17, 15) is 9.59 Å². The number of carbonyl (C=O) groups excluding carboxylic acids is 2. The molecule has 0 saturated carbocycles. The van der Waals surface area contributed by atoms with Gasteiger partial charge in [0.15, 0.2) is 0 Å². The summed E-state index contributed by atoms with van der Waals surface area (Å²) in [6.45, 7) is 1.97.